The highest BCUT2D eigenvalue weighted by atomic mass is 32.2. The molecule has 154 valence electrons. The first-order valence-corrected chi connectivity index (χ1v) is 11.1. The molecule has 0 spiro atoms. The van der Waals surface area contributed by atoms with E-state index in [1.165, 1.54) is 6.33 Å². The summed E-state index contributed by atoms with van der Waals surface area (Å²) < 4.78 is 28.4. The second-order valence-corrected chi connectivity index (χ2v) is 9.36. The summed E-state index contributed by atoms with van der Waals surface area (Å²) in [6.45, 7) is 1.84. The lowest BCUT2D eigenvalue weighted by atomic mass is 9.86. The zero-order valence-electron chi connectivity index (χ0n) is 16.4. The van der Waals surface area contributed by atoms with Gasteiger partial charge in [-0.3, -0.25) is 0 Å². The topological polar surface area (TPSA) is 111 Å². The summed E-state index contributed by atoms with van der Waals surface area (Å²) in [5, 5.41) is 10.3. The van der Waals surface area contributed by atoms with Crippen LogP contribution < -0.4 is 9.62 Å². The Morgan fingerprint density at radius 3 is 2.86 bits per heavy atom. The van der Waals surface area contributed by atoms with Crippen molar-refractivity contribution in [2.45, 2.75) is 42.7 Å². The van der Waals surface area contributed by atoms with Crippen molar-refractivity contribution in [1.82, 2.24) is 19.7 Å². The van der Waals surface area contributed by atoms with E-state index < -0.39 is 10.0 Å². The Hall–Kier alpha value is -2.49. The van der Waals surface area contributed by atoms with Gasteiger partial charge in [0.1, 0.15) is 17.8 Å². The predicted octanol–water partition coefficient (Wildman–Crippen LogP) is 2.00. The molecule has 0 radical (unpaired) electrons. The van der Waals surface area contributed by atoms with E-state index in [9.17, 15) is 13.5 Å². The fourth-order valence-corrected chi connectivity index (χ4v) is 5.01. The van der Waals surface area contributed by atoms with Crippen LogP contribution in [0.5, 0.6) is 0 Å². The third kappa shape index (κ3) is 3.85. The lowest BCUT2D eigenvalue weighted by molar-refractivity contribution is 0.273. The molecule has 1 aromatic carbocycles. The number of hydrogen-bond donors (Lipinski definition) is 3. The van der Waals surface area contributed by atoms with Crippen molar-refractivity contribution in [3.8, 4) is 0 Å². The number of benzene rings is 1. The molecule has 1 atom stereocenters. The Kier molecular flexibility index (Phi) is 5.28. The SMILES string of the molecule is CC(CO)c1cccc(S(=O)(=O)NC2CC(N(C)c3ncnc4[nH]ccc34)C2)c1. The first-order valence-electron chi connectivity index (χ1n) is 9.63. The van der Waals surface area contributed by atoms with E-state index in [1.807, 2.05) is 32.3 Å². The molecule has 3 N–H and O–H groups in total. The number of aliphatic hydroxyl groups excluding tert-OH is 1. The van der Waals surface area contributed by atoms with Gasteiger partial charge in [0.25, 0.3) is 0 Å². The van der Waals surface area contributed by atoms with Crippen LogP contribution in [-0.2, 0) is 10.0 Å². The highest BCUT2D eigenvalue weighted by molar-refractivity contribution is 7.89. The van der Waals surface area contributed by atoms with Gasteiger partial charge in [0.2, 0.25) is 10.0 Å². The van der Waals surface area contributed by atoms with Crippen molar-refractivity contribution in [3.05, 3.63) is 48.4 Å². The number of anilines is 1. The van der Waals surface area contributed by atoms with Gasteiger partial charge in [-0.15, -0.1) is 0 Å². The molecular weight excluding hydrogens is 390 g/mol. The maximum absolute atomic E-state index is 12.8. The normalized spacial score (nSPS) is 20.4. The van der Waals surface area contributed by atoms with E-state index in [0.717, 1.165) is 22.4 Å². The zero-order valence-corrected chi connectivity index (χ0v) is 17.2. The Morgan fingerprint density at radius 2 is 2.10 bits per heavy atom. The summed E-state index contributed by atoms with van der Waals surface area (Å²) in [5.74, 6) is 0.735. The van der Waals surface area contributed by atoms with E-state index in [4.69, 9.17) is 0 Å². The van der Waals surface area contributed by atoms with Crippen molar-refractivity contribution < 1.29 is 13.5 Å². The van der Waals surface area contributed by atoms with E-state index >= 15 is 0 Å². The average molecular weight is 416 g/mol. The zero-order chi connectivity index (χ0) is 20.6. The number of sulfonamides is 1. The van der Waals surface area contributed by atoms with Crippen molar-refractivity contribution in [1.29, 1.82) is 0 Å². The summed E-state index contributed by atoms with van der Waals surface area (Å²) in [5.41, 5.74) is 1.59. The van der Waals surface area contributed by atoms with E-state index in [0.29, 0.717) is 12.8 Å². The molecule has 0 bridgehead atoms. The molecule has 4 rings (SSSR count). The molecule has 1 aliphatic carbocycles. The van der Waals surface area contributed by atoms with Gasteiger partial charge in [-0.05, 0) is 36.6 Å². The molecule has 1 fully saturated rings. The van der Waals surface area contributed by atoms with Crippen molar-refractivity contribution in [2.75, 3.05) is 18.6 Å². The molecule has 1 saturated carbocycles. The summed E-state index contributed by atoms with van der Waals surface area (Å²) in [7, 11) is -1.63. The first kappa shape index (κ1) is 19.8. The highest BCUT2D eigenvalue weighted by Crippen LogP contribution is 2.32. The second kappa shape index (κ2) is 7.74. The number of fused-ring (bicyclic) bond motifs is 1. The van der Waals surface area contributed by atoms with Gasteiger partial charge in [-0.2, -0.15) is 0 Å². The van der Waals surface area contributed by atoms with Gasteiger partial charge in [-0.25, -0.2) is 23.1 Å². The van der Waals surface area contributed by atoms with Gasteiger partial charge < -0.3 is 15.0 Å². The Bertz CT molecular complexity index is 1110. The van der Waals surface area contributed by atoms with E-state index in [2.05, 4.69) is 24.6 Å². The third-order valence-electron chi connectivity index (χ3n) is 5.66. The molecular formula is C20H25N5O3S. The molecule has 9 heteroatoms. The average Bonchev–Trinajstić information content (AvgIpc) is 3.18. The molecule has 2 heterocycles. The minimum absolute atomic E-state index is 0.0228. The summed E-state index contributed by atoms with van der Waals surface area (Å²) >= 11 is 0. The van der Waals surface area contributed by atoms with Crippen LogP contribution in [0.3, 0.4) is 0 Å². The summed E-state index contributed by atoms with van der Waals surface area (Å²) in [6, 6.07) is 8.80. The molecule has 0 aliphatic heterocycles. The van der Waals surface area contributed by atoms with E-state index in [1.54, 1.807) is 18.2 Å². The number of rotatable bonds is 7. The Balaban J connectivity index is 1.42. The molecule has 3 aromatic rings. The largest absolute Gasteiger partial charge is 0.396 e. The van der Waals surface area contributed by atoms with Gasteiger partial charge in [0.05, 0.1) is 10.3 Å². The van der Waals surface area contributed by atoms with Crippen LogP contribution in [0.2, 0.25) is 0 Å². The molecule has 29 heavy (non-hydrogen) atoms. The first-order chi connectivity index (χ1) is 13.9. The number of nitrogens with one attached hydrogen (secondary N) is 2. The number of hydrogen-bond acceptors (Lipinski definition) is 6. The fourth-order valence-electron chi connectivity index (χ4n) is 3.69. The minimum Gasteiger partial charge on any atom is -0.396 e. The maximum atomic E-state index is 12.8. The number of nitrogens with zero attached hydrogens (tertiary/aromatic N) is 3. The molecule has 0 saturated heterocycles. The lowest BCUT2D eigenvalue weighted by Crippen LogP contribution is -2.53. The number of aromatic nitrogens is 3. The van der Waals surface area contributed by atoms with Crippen LogP contribution in [0, 0.1) is 0 Å². The van der Waals surface area contributed by atoms with Crippen LogP contribution in [0.1, 0.15) is 31.2 Å². The standard InChI is InChI=1S/C20H25N5O3S/c1-13(11-26)14-4-3-5-17(8-14)29(27,28)24-15-9-16(10-15)25(2)20-18-6-7-21-19(18)22-12-23-20/h3-8,12-13,15-16,24,26H,9-11H2,1-2H3,(H,21,22,23). The summed E-state index contributed by atoms with van der Waals surface area (Å²) in [4.78, 5) is 14.0. The predicted molar refractivity (Wildman–Crippen MR) is 111 cm³/mol. The van der Waals surface area contributed by atoms with Crippen molar-refractivity contribution in [2.24, 2.45) is 0 Å². The van der Waals surface area contributed by atoms with Gasteiger partial charge in [-0.1, -0.05) is 19.1 Å². The quantitative estimate of drug-likeness (QED) is 0.544. The third-order valence-corrected chi connectivity index (χ3v) is 7.18. The van der Waals surface area contributed by atoms with Crippen molar-refractivity contribution in [3.63, 3.8) is 0 Å². The molecule has 1 unspecified atom stereocenters. The van der Waals surface area contributed by atoms with Crippen LogP contribution in [-0.4, -0.2) is 54.2 Å². The van der Waals surface area contributed by atoms with E-state index in [-0.39, 0.29) is 29.5 Å². The van der Waals surface area contributed by atoms with Gasteiger partial charge in [0, 0.05) is 37.9 Å². The Morgan fingerprint density at radius 1 is 1.31 bits per heavy atom. The minimum atomic E-state index is -3.60. The maximum Gasteiger partial charge on any atom is 0.240 e. The molecule has 1 aliphatic rings. The second-order valence-electron chi connectivity index (χ2n) is 7.65. The molecule has 8 nitrogen and oxygen atoms in total. The summed E-state index contributed by atoms with van der Waals surface area (Å²) in [6.07, 6.45) is 4.78. The van der Waals surface area contributed by atoms with Crippen LogP contribution in [0.4, 0.5) is 5.82 Å². The van der Waals surface area contributed by atoms with Crippen molar-refractivity contribution >= 4 is 26.9 Å². The molecule has 0 amide bonds. The monoisotopic (exact) mass is 415 g/mol. The number of aliphatic hydroxyl groups is 1. The van der Waals surface area contributed by atoms with Crippen LogP contribution in [0.15, 0.2) is 47.8 Å². The van der Waals surface area contributed by atoms with Gasteiger partial charge in [0.15, 0.2) is 0 Å². The highest BCUT2D eigenvalue weighted by Gasteiger charge is 2.36. The smallest absolute Gasteiger partial charge is 0.240 e. The molecule has 2 aromatic heterocycles. The lowest BCUT2D eigenvalue weighted by Gasteiger charge is -2.41. The van der Waals surface area contributed by atoms with Crippen LogP contribution in [0.25, 0.3) is 11.0 Å². The van der Waals surface area contributed by atoms with Crippen LogP contribution >= 0.6 is 0 Å². The number of H-pyrrole nitrogens is 1. The fraction of sp³-hybridized carbons (Fsp3) is 0.400. The van der Waals surface area contributed by atoms with Gasteiger partial charge >= 0.3 is 0 Å². The number of aromatic amines is 1. The Labute approximate surface area is 170 Å².